The SMILES string of the molecule is CC(=O)N(CCN(C)C)CC(=O)NCCc1ccc(F)cc1. The van der Waals surface area contributed by atoms with Gasteiger partial charge in [-0.05, 0) is 38.2 Å². The van der Waals surface area contributed by atoms with Crippen molar-refractivity contribution >= 4 is 11.8 Å². The van der Waals surface area contributed by atoms with Crippen molar-refractivity contribution in [1.29, 1.82) is 0 Å². The van der Waals surface area contributed by atoms with E-state index in [1.54, 1.807) is 12.1 Å². The van der Waals surface area contributed by atoms with Gasteiger partial charge in [-0.3, -0.25) is 9.59 Å². The number of hydrogen-bond donors (Lipinski definition) is 1. The molecule has 0 heterocycles. The molecule has 1 rings (SSSR count). The van der Waals surface area contributed by atoms with Gasteiger partial charge < -0.3 is 15.1 Å². The van der Waals surface area contributed by atoms with Crippen LogP contribution in [0.2, 0.25) is 0 Å². The van der Waals surface area contributed by atoms with Gasteiger partial charge in [0.25, 0.3) is 0 Å². The van der Waals surface area contributed by atoms with Crippen molar-refractivity contribution in [3.63, 3.8) is 0 Å². The summed E-state index contributed by atoms with van der Waals surface area (Å²) < 4.78 is 12.8. The van der Waals surface area contributed by atoms with Gasteiger partial charge in [0.15, 0.2) is 0 Å². The molecule has 0 aliphatic carbocycles. The van der Waals surface area contributed by atoms with Crippen molar-refractivity contribution in [2.24, 2.45) is 0 Å². The Kier molecular flexibility index (Phi) is 7.52. The molecule has 0 aliphatic rings. The van der Waals surface area contributed by atoms with Crippen molar-refractivity contribution in [2.75, 3.05) is 40.3 Å². The Bertz CT molecular complexity index is 489. The van der Waals surface area contributed by atoms with Gasteiger partial charge in [0, 0.05) is 26.6 Å². The molecule has 1 N–H and O–H groups in total. The molecule has 0 atom stereocenters. The normalized spacial score (nSPS) is 10.6. The fourth-order valence-electron chi connectivity index (χ4n) is 1.90. The highest BCUT2D eigenvalue weighted by molar-refractivity contribution is 5.83. The molecule has 0 aliphatic heterocycles. The molecule has 0 radical (unpaired) electrons. The van der Waals surface area contributed by atoms with Gasteiger partial charge in [0.1, 0.15) is 5.82 Å². The minimum absolute atomic E-state index is 0.0621. The molecular formula is C16H24FN3O2. The fraction of sp³-hybridized carbons (Fsp3) is 0.500. The maximum Gasteiger partial charge on any atom is 0.239 e. The number of hydrogen-bond acceptors (Lipinski definition) is 3. The molecule has 22 heavy (non-hydrogen) atoms. The van der Waals surface area contributed by atoms with Crippen LogP contribution in [-0.2, 0) is 16.0 Å². The highest BCUT2D eigenvalue weighted by Crippen LogP contribution is 2.02. The zero-order chi connectivity index (χ0) is 16.5. The molecule has 0 bridgehead atoms. The number of carbonyl (C=O) groups is 2. The fourth-order valence-corrected chi connectivity index (χ4v) is 1.90. The van der Waals surface area contributed by atoms with Gasteiger partial charge in [0.2, 0.25) is 11.8 Å². The molecule has 0 unspecified atom stereocenters. The Hall–Kier alpha value is -1.95. The lowest BCUT2D eigenvalue weighted by atomic mass is 10.1. The van der Waals surface area contributed by atoms with Crippen LogP contribution in [0.3, 0.4) is 0 Å². The highest BCUT2D eigenvalue weighted by atomic mass is 19.1. The summed E-state index contributed by atoms with van der Waals surface area (Å²) in [5.41, 5.74) is 0.956. The monoisotopic (exact) mass is 309 g/mol. The van der Waals surface area contributed by atoms with Crippen LogP contribution >= 0.6 is 0 Å². The molecule has 5 nitrogen and oxygen atoms in total. The topological polar surface area (TPSA) is 52.7 Å². The summed E-state index contributed by atoms with van der Waals surface area (Å²) in [7, 11) is 3.84. The van der Waals surface area contributed by atoms with E-state index in [4.69, 9.17) is 0 Å². The first-order valence-corrected chi connectivity index (χ1v) is 7.30. The number of halogens is 1. The second kappa shape index (κ2) is 9.15. The summed E-state index contributed by atoms with van der Waals surface area (Å²) >= 11 is 0. The van der Waals surface area contributed by atoms with Gasteiger partial charge in [0.05, 0.1) is 6.54 Å². The number of likely N-dealkylation sites (N-methyl/N-ethyl adjacent to an activating group) is 1. The smallest absolute Gasteiger partial charge is 0.239 e. The Morgan fingerprint density at radius 3 is 2.32 bits per heavy atom. The van der Waals surface area contributed by atoms with E-state index in [1.165, 1.54) is 24.0 Å². The van der Waals surface area contributed by atoms with Crippen molar-refractivity contribution in [2.45, 2.75) is 13.3 Å². The zero-order valence-corrected chi connectivity index (χ0v) is 13.4. The summed E-state index contributed by atoms with van der Waals surface area (Å²) in [6.07, 6.45) is 0.629. The van der Waals surface area contributed by atoms with E-state index in [9.17, 15) is 14.0 Å². The van der Waals surface area contributed by atoms with Crippen molar-refractivity contribution < 1.29 is 14.0 Å². The lowest BCUT2D eigenvalue weighted by Crippen LogP contribution is -2.43. The van der Waals surface area contributed by atoms with Crippen LogP contribution in [-0.4, -0.2) is 61.9 Å². The van der Waals surface area contributed by atoms with Crippen molar-refractivity contribution in [1.82, 2.24) is 15.1 Å². The van der Waals surface area contributed by atoms with E-state index in [1.807, 2.05) is 19.0 Å². The zero-order valence-electron chi connectivity index (χ0n) is 13.4. The highest BCUT2D eigenvalue weighted by Gasteiger charge is 2.13. The van der Waals surface area contributed by atoms with E-state index >= 15 is 0 Å². The molecule has 2 amide bonds. The summed E-state index contributed by atoms with van der Waals surface area (Å²) in [6.45, 7) is 3.22. The summed E-state index contributed by atoms with van der Waals surface area (Å²) in [5, 5.41) is 2.78. The third-order valence-corrected chi connectivity index (χ3v) is 3.25. The Morgan fingerprint density at radius 1 is 1.14 bits per heavy atom. The molecule has 1 aromatic carbocycles. The molecule has 0 saturated heterocycles. The van der Waals surface area contributed by atoms with E-state index in [2.05, 4.69) is 5.32 Å². The molecule has 6 heteroatoms. The number of nitrogens with zero attached hydrogens (tertiary/aromatic N) is 2. The maximum atomic E-state index is 12.8. The third kappa shape index (κ3) is 7.17. The molecular weight excluding hydrogens is 285 g/mol. The van der Waals surface area contributed by atoms with Crippen LogP contribution in [0.4, 0.5) is 4.39 Å². The lowest BCUT2D eigenvalue weighted by Gasteiger charge is -2.22. The maximum absolute atomic E-state index is 12.8. The first-order chi connectivity index (χ1) is 10.4. The van der Waals surface area contributed by atoms with Crippen molar-refractivity contribution in [3.8, 4) is 0 Å². The van der Waals surface area contributed by atoms with Crippen LogP contribution in [0.5, 0.6) is 0 Å². The number of nitrogens with one attached hydrogen (secondary N) is 1. The van der Waals surface area contributed by atoms with Crippen molar-refractivity contribution in [3.05, 3.63) is 35.6 Å². The first-order valence-electron chi connectivity index (χ1n) is 7.30. The predicted octanol–water partition coefficient (Wildman–Crippen LogP) is 0.895. The average molecular weight is 309 g/mol. The Balaban J connectivity index is 2.34. The van der Waals surface area contributed by atoms with Crippen LogP contribution in [0.1, 0.15) is 12.5 Å². The molecule has 0 aromatic heterocycles. The standard InChI is InChI=1S/C16H24FN3O2/c1-13(21)20(11-10-19(2)3)12-16(22)18-9-8-14-4-6-15(17)7-5-14/h4-7H,8-12H2,1-3H3,(H,18,22). The van der Waals surface area contributed by atoms with E-state index < -0.39 is 0 Å². The first kappa shape index (κ1) is 18.1. The minimum Gasteiger partial charge on any atom is -0.354 e. The number of amides is 2. The summed E-state index contributed by atoms with van der Waals surface area (Å²) in [6, 6.07) is 6.19. The van der Waals surface area contributed by atoms with Gasteiger partial charge in [-0.25, -0.2) is 4.39 Å². The number of carbonyl (C=O) groups excluding carboxylic acids is 2. The van der Waals surface area contributed by atoms with E-state index in [0.29, 0.717) is 26.1 Å². The predicted molar refractivity (Wildman–Crippen MR) is 83.9 cm³/mol. The largest absolute Gasteiger partial charge is 0.354 e. The van der Waals surface area contributed by atoms with Gasteiger partial charge >= 0.3 is 0 Å². The molecule has 1 aromatic rings. The minimum atomic E-state index is -0.272. The third-order valence-electron chi connectivity index (χ3n) is 3.25. The lowest BCUT2D eigenvalue weighted by molar-refractivity contribution is -0.134. The second-order valence-electron chi connectivity index (χ2n) is 5.47. The average Bonchev–Trinajstić information content (AvgIpc) is 2.45. The molecule has 0 saturated carbocycles. The Morgan fingerprint density at radius 2 is 1.77 bits per heavy atom. The quantitative estimate of drug-likeness (QED) is 0.776. The molecule has 0 fully saturated rings. The summed E-state index contributed by atoms with van der Waals surface area (Å²) in [4.78, 5) is 26.9. The van der Waals surface area contributed by atoms with Crippen LogP contribution in [0.15, 0.2) is 24.3 Å². The van der Waals surface area contributed by atoms with Gasteiger partial charge in [-0.15, -0.1) is 0 Å². The Labute approximate surface area is 131 Å². The second-order valence-corrected chi connectivity index (χ2v) is 5.47. The van der Waals surface area contributed by atoms with Crippen LogP contribution in [0.25, 0.3) is 0 Å². The van der Waals surface area contributed by atoms with E-state index in [-0.39, 0.29) is 24.2 Å². The van der Waals surface area contributed by atoms with Gasteiger partial charge in [-0.2, -0.15) is 0 Å². The summed E-state index contributed by atoms with van der Waals surface area (Å²) in [5.74, 6) is -0.572. The molecule has 122 valence electrons. The van der Waals surface area contributed by atoms with Crippen LogP contribution < -0.4 is 5.32 Å². The van der Waals surface area contributed by atoms with Crippen LogP contribution in [0, 0.1) is 5.82 Å². The number of benzene rings is 1. The van der Waals surface area contributed by atoms with Gasteiger partial charge in [-0.1, -0.05) is 12.1 Å². The number of rotatable bonds is 8. The molecule has 0 spiro atoms. The van der Waals surface area contributed by atoms with E-state index in [0.717, 1.165) is 5.56 Å².